The molecule has 2 aromatic rings. The molecule has 2 heterocycles. The molecule has 3 atom stereocenters. The van der Waals surface area contributed by atoms with Crippen LogP contribution in [-0.4, -0.2) is 30.5 Å². The second-order valence-corrected chi connectivity index (χ2v) is 7.68. The van der Waals surface area contributed by atoms with Gasteiger partial charge in [-0.15, -0.1) is 0 Å². The monoisotopic (exact) mass is 339 g/mol. The van der Waals surface area contributed by atoms with Crippen LogP contribution in [0.5, 0.6) is 5.75 Å². The molecule has 2 aliphatic rings. The highest BCUT2D eigenvalue weighted by Gasteiger charge is 2.50. The number of benzene rings is 1. The first-order chi connectivity index (χ1) is 12.0. The van der Waals surface area contributed by atoms with Gasteiger partial charge in [-0.25, -0.2) is 0 Å². The van der Waals surface area contributed by atoms with E-state index in [1.807, 2.05) is 24.0 Å². The molecule has 1 aliphatic carbocycles. The summed E-state index contributed by atoms with van der Waals surface area (Å²) in [5.41, 5.74) is 3.70. The van der Waals surface area contributed by atoms with E-state index in [1.54, 1.807) is 13.4 Å². The van der Waals surface area contributed by atoms with E-state index in [4.69, 9.17) is 9.15 Å². The molecule has 4 heteroatoms. The highest BCUT2D eigenvalue weighted by atomic mass is 16.5. The Labute approximate surface area is 148 Å². The third-order valence-corrected chi connectivity index (χ3v) is 6.53. The van der Waals surface area contributed by atoms with Crippen molar-refractivity contribution >= 4 is 5.91 Å². The van der Waals surface area contributed by atoms with Crippen LogP contribution < -0.4 is 4.74 Å². The smallest absolute Gasteiger partial charge is 0.290 e. The lowest BCUT2D eigenvalue weighted by molar-refractivity contribution is 0.0225. The topological polar surface area (TPSA) is 42.7 Å². The van der Waals surface area contributed by atoms with Crippen molar-refractivity contribution in [1.82, 2.24) is 4.90 Å². The van der Waals surface area contributed by atoms with Crippen LogP contribution in [0, 0.1) is 12.8 Å². The molecular formula is C21H25NO3. The summed E-state index contributed by atoms with van der Waals surface area (Å²) in [5.74, 6) is 1.81. The average molecular weight is 339 g/mol. The number of amides is 1. The molecule has 1 amide bonds. The van der Waals surface area contributed by atoms with Crippen LogP contribution >= 0.6 is 0 Å². The number of carbonyl (C=O) groups is 1. The number of hydrogen-bond acceptors (Lipinski definition) is 3. The van der Waals surface area contributed by atoms with Crippen LogP contribution in [0.25, 0.3) is 0 Å². The second kappa shape index (κ2) is 5.65. The molecule has 0 spiro atoms. The SMILES string of the molecule is COc1ccc2c(c1)[C@]1(C)CCN(C(=O)c3occc3C)[C@H](C2)[C@@H]1C. The summed E-state index contributed by atoms with van der Waals surface area (Å²) in [6, 6.07) is 8.44. The summed E-state index contributed by atoms with van der Waals surface area (Å²) in [6.45, 7) is 7.31. The zero-order valence-electron chi connectivity index (χ0n) is 15.3. The fourth-order valence-corrected chi connectivity index (χ4v) is 4.70. The van der Waals surface area contributed by atoms with Crippen LogP contribution in [0.2, 0.25) is 0 Å². The van der Waals surface area contributed by atoms with Gasteiger partial charge in [0.1, 0.15) is 5.75 Å². The number of likely N-dealkylation sites (tertiary alicyclic amines) is 1. The summed E-state index contributed by atoms with van der Waals surface area (Å²) >= 11 is 0. The van der Waals surface area contributed by atoms with Crippen molar-refractivity contribution in [3.63, 3.8) is 0 Å². The Morgan fingerprint density at radius 3 is 2.84 bits per heavy atom. The molecule has 0 unspecified atom stereocenters. The normalized spacial score (nSPS) is 27.8. The van der Waals surface area contributed by atoms with Crippen LogP contribution in [0.1, 0.15) is 47.5 Å². The molecule has 1 aromatic heterocycles. The van der Waals surface area contributed by atoms with Gasteiger partial charge in [-0.1, -0.05) is 19.9 Å². The lowest BCUT2D eigenvalue weighted by Crippen LogP contribution is -2.59. The Bertz CT molecular complexity index is 824. The van der Waals surface area contributed by atoms with Crippen molar-refractivity contribution in [2.24, 2.45) is 5.92 Å². The van der Waals surface area contributed by atoms with Crippen molar-refractivity contribution in [2.75, 3.05) is 13.7 Å². The Hall–Kier alpha value is -2.23. The van der Waals surface area contributed by atoms with E-state index in [9.17, 15) is 4.79 Å². The Balaban J connectivity index is 1.73. The van der Waals surface area contributed by atoms with Crippen LogP contribution in [-0.2, 0) is 11.8 Å². The Morgan fingerprint density at radius 1 is 1.36 bits per heavy atom. The molecule has 0 saturated carbocycles. The Kier molecular flexibility index (Phi) is 3.67. The summed E-state index contributed by atoms with van der Waals surface area (Å²) < 4.78 is 10.9. The standard InChI is InChI=1S/C21H25NO3/c1-13-7-10-25-19(13)20(23)22-9-8-21(3)14(2)18(22)11-15-5-6-16(24-4)12-17(15)21/h5-7,10,12,14,18H,8-9,11H2,1-4H3/t14-,18+,21+/m0/s1. The number of methoxy groups -OCH3 is 1. The first-order valence-electron chi connectivity index (χ1n) is 8.98. The minimum absolute atomic E-state index is 0.0263. The molecule has 1 fully saturated rings. The van der Waals surface area contributed by atoms with E-state index in [1.165, 1.54) is 11.1 Å². The van der Waals surface area contributed by atoms with Gasteiger partial charge in [-0.05, 0) is 60.4 Å². The van der Waals surface area contributed by atoms with Crippen molar-refractivity contribution in [1.29, 1.82) is 0 Å². The Morgan fingerprint density at radius 2 is 2.16 bits per heavy atom. The average Bonchev–Trinajstić information content (AvgIpc) is 3.03. The van der Waals surface area contributed by atoms with Gasteiger partial charge >= 0.3 is 0 Å². The molecule has 132 valence electrons. The van der Waals surface area contributed by atoms with Crippen LogP contribution in [0.15, 0.2) is 34.9 Å². The lowest BCUT2D eigenvalue weighted by Gasteiger charge is -2.54. The fourth-order valence-electron chi connectivity index (χ4n) is 4.70. The van der Waals surface area contributed by atoms with E-state index >= 15 is 0 Å². The maximum absolute atomic E-state index is 13.1. The first kappa shape index (κ1) is 16.2. The zero-order valence-corrected chi connectivity index (χ0v) is 15.3. The zero-order chi connectivity index (χ0) is 17.8. The van der Waals surface area contributed by atoms with Crippen molar-refractivity contribution < 1.29 is 13.9 Å². The van der Waals surface area contributed by atoms with Gasteiger partial charge < -0.3 is 14.1 Å². The number of carbonyl (C=O) groups excluding carboxylic acids is 1. The van der Waals surface area contributed by atoms with E-state index in [-0.39, 0.29) is 17.4 Å². The third-order valence-electron chi connectivity index (χ3n) is 6.53. The van der Waals surface area contributed by atoms with Gasteiger partial charge in [0.15, 0.2) is 5.76 Å². The molecule has 1 aromatic carbocycles. The van der Waals surface area contributed by atoms with E-state index in [2.05, 4.69) is 26.0 Å². The predicted molar refractivity (Wildman–Crippen MR) is 96.1 cm³/mol. The fraction of sp³-hybridized carbons (Fsp3) is 0.476. The highest BCUT2D eigenvalue weighted by molar-refractivity contribution is 5.93. The van der Waals surface area contributed by atoms with E-state index in [0.29, 0.717) is 11.7 Å². The predicted octanol–water partition coefficient (Wildman–Crippen LogP) is 3.96. The van der Waals surface area contributed by atoms with Crippen LogP contribution in [0.4, 0.5) is 0 Å². The number of rotatable bonds is 2. The van der Waals surface area contributed by atoms with E-state index in [0.717, 1.165) is 30.7 Å². The maximum atomic E-state index is 13.1. The molecule has 1 saturated heterocycles. The molecule has 4 rings (SSSR count). The molecule has 0 N–H and O–H groups in total. The van der Waals surface area contributed by atoms with Crippen LogP contribution in [0.3, 0.4) is 0 Å². The highest BCUT2D eigenvalue weighted by Crippen LogP contribution is 2.49. The van der Waals surface area contributed by atoms with Crippen molar-refractivity contribution in [3.8, 4) is 5.75 Å². The number of piperidine rings is 1. The summed E-state index contributed by atoms with van der Waals surface area (Å²) in [6.07, 6.45) is 3.44. The van der Waals surface area contributed by atoms with Gasteiger partial charge in [-0.2, -0.15) is 0 Å². The summed E-state index contributed by atoms with van der Waals surface area (Å²) in [5, 5.41) is 0. The summed E-state index contributed by atoms with van der Waals surface area (Å²) in [7, 11) is 1.71. The summed E-state index contributed by atoms with van der Waals surface area (Å²) in [4.78, 5) is 15.1. The number of aryl methyl sites for hydroxylation is 1. The van der Waals surface area contributed by atoms with E-state index < -0.39 is 0 Å². The molecule has 1 aliphatic heterocycles. The number of hydrogen-bond donors (Lipinski definition) is 0. The third kappa shape index (κ3) is 2.30. The van der Waals surface area contributed by atoms with Crippen molar-refractivity contribution in [2.45, 2.75) is 45.1 Å². The van der Waals surface area contributed by atoms with Gasteiger partial charge in [0.05, 0.1) is 13.4 Å². The number of nitrogens with zero attached hydrogens (tertiary/aromatic N) is 1. The number of furan rings is 1. The minimum atomic E-state index is 0.0263. The first-order valence-corrected chi connectivity index (χ1v) is 8.98. The molecule has 0 radical (unpaired) electrons. The van der Waals surface area contributed by atoms with Gasteiger partial charge in [0.25, 0.3) is 5.91 Å². The number of ether oxygens (including phenoxy) is 1. The van der Waals surface area contributed by atoms with Crippen molar-refractivity contribution in [3.05, 3.63) is 53.0 Å². The maximum Gasteiger partial charge on any atom is 0.290 e. The molecular weight excluding hydrogens is 314 g/mol. The molecule has 4 nitrogen and oxygen atoms in total. The minimum Gasteiger partial charge on any atom is -0.497 e. The van der Waals surface area contributed by atoms with Gasteiger partial charge in [0, 0.05) is 18.2 Å². The van der Waals surface area contributed by atoms with Gasteiger partial charge in [0.2, 0.25) is 0 Å². The molecule has 25 heavy (non-hydrogen) atoms. The number of fused-ring (bicyclic) bond motifs is 4. The molecule has 2 bridgehead atoms. The second-order valence-electron chi connectivity index (χ2n) is 7.68. The quantitative estimate of drug-likeness (QED) is 0.832. The lowest BCUT2D eigenvalue weighted by atomic mass is 9.59. The largest absolute Gasteiger partial charge is 0.497 e. The van der Waals surface area contributed by atoms with Gasteiger partial charge in [-0.3, -0.25) is 4.79 Å².